The lowest BCUT2D eigenvalue weighted by molar-refractivity contribution is -0.113. The van der Waals surface area contributed by atoms with Crippen molar-refractivity contribution in [1.29, 1.82) is 0 Å². The Balaban J connectivity index is 4.90. The van der Waals surface area contributed by atoms with E-state index in [2.05, 4.69) is 22.1 Å². The van der Waals surface area contributed by atoms with Crippen molar-refractivity contribution in [3.8, 4) is 0 Å². The summed E-state index contributed by atoms with van der Waals surface area (Å²) >= 11 is 0. The van der Waals surface area contributed by atoms with Gasteiger partial charge in [0.25, 0.3) is 0 Å². The van der Waals surface area contributed by atoms with Gasteiger partial charge in [-0.25, -0.2) is 0 Å². The molecule has 0 aliphatic heterocycles. The minimum atomic E-state index is -0.475. The number of hydrazone groups is 1. The van der Waals surface area contributed by atoms with Crippen LogP contribution in [-0.4, -0.2) is 23.4 Å². The lowest BCUT2D eigenvalue weighted by Gasteiger charge is -2.06. The first-order valence-corrected chi connectivity index (χ1v) is 6.73. The maximum Gasteiger partial charge on any atom is 0.241 e. The monoisotopic (exact) mass is 288 g/mol. The first-order chi connectivity index (χ1) is 9.99. The van der Waals surface area contributed by atoms with Crippen LogP contribution < -0.4 is 11.2 Å². The summed E-state index contributed by atoms with van der Waals surface area (Å²) in [6.45, 7) is 9.42. The molecule has 0 saturated heterocycles. The van der Waals surface area contributed by atoms with Gasteiger partial charge in [-0.3, -0.25) is 9.79 Å². The Morgan fingerprint density at radius 3 is 2.67 bits per heavy atom. The van der Waals surface area contributed by atoms with Crippen LogP contribution in [0.2, 0.25) is 0 Å². The van der Waals surface area contributed by atoms with Crippen LogP contribution in [0.25, 0.3) is 0 Å². The van der Waals surface area contributed by atoms with E-state index in [1.165, 1.54) is 6.08 Å². The van der Waals surface area contributed by atoms with Gasteiger partial charge in [0.15, 0.2) is 0 Å². The Kier molecular flexibility index (Phi) is 10.1. The number of rotatable bonds is 9. The van der Waals surface area contributed by atoms with Crippen LogP contribution in [0.4, 0.5) is 0 Å². The second kappa shape index (κ2) is 11.4. The number of nitrogens with one attached hydrogen (secondary N) is 1. The van der Waals surface area contributed by atoms with Crippen LogP contribution in [0.3, 0.4) is 0 Å². The van der Waals surface area contributed by atoms with Gasteiger partial charge in [-0.15, -0.1) is 6.58 Å². The highest BCUT2D eigenvalue weighted by molar-refractivity contribution is 6.03. The van der Waals surface area contributed by atoms with Gasteiger partial charge in [-0.1, -0.05) is 18.2 Å². The Morgan fingerprint density at radius 1 is 1.38 bits per heavy atom. The molecule has 1 atom stereocenters. The molecule has 0 aromatic rings. The summed E-state index contributed by atoms with van der Waals surface area (Å²) in [6, 6.07) is 0.0614. The number of hydrogen-bond acceptors (Lipinski definition) is 4. The number of amides is 1. The highest BCUT2D eigenvalue weighted by Crippen LogP contribution is 1.95. The second-order valence-electron chi connectivity index (χ2n) is 4.35. The van der Waals surface area contributed by atoms with Gasteiger partial charge in [0.1, 0.15) is 0 Å². The minimum absolute atomic E-state index is 0.0614. The van der Waals surface area contributed by atoms with Crippen LogP contribution in [-0.2, 0) is 4.79 Å². The third kappa shape index (κ3) is 11.1. The molecule has 21 heavy (non-hydrogen) atoms. The van der Waals surface area contributed by atoms with Gasteiger partial charge in [0.05, 0.1) is 11.8 Å². The molecule has 1 unspecified atom stereocenters. The zero-order chi connectivity index (χ0) is 16.1. The van der Waals surface area contributed by atoms with Gasteiger partial charge in [0.2, 0.25) is 5.91 Å². The first-order valence-electron chi connectivity index (χ1n) is 6.73. The van der Waals surface area contributed by atoms with E-state index in [0.717, 1.165) is 11.4 Å². The quantitative estimate of drug-likeness (QED) is 0.296. The molecular formula is C16H24N4O. The molecule has 0 aliphatic carbocycles. The van der Waals surface area contributed by atoms with Gasteiger partial charge in [-0.2, -0.15) is 5.10 Å². The molecule has 0 aromatic carbocycles. The molecule has 5 nitrogen and oxygen atoms in total. The van der Waals surface area contributed by atoms with E-state index in [1.54, 1.807) is 18.4 Å². The van der Waals surface area contributed by atoms with E-state index in [9.17, 15) is 4.79 Å². The molecular weight excluding hydrogens is 264 g/mol. The van der Waals surface area contributed by atoms with Crippen molar-refractivity contribution in [2.24, 2.45) is 15.8 Å². The molecule has 1 amide bonds. The number of hydrogen-bond donors (Lipinski definition) is 2. The number of aliphatic imine (C=N–C) groups is 1. The minimum Gasteiger partial charge on any atom is -0.366 e. The van der Waals surface area contributed by atoms with Crippen molar-refractivity contribution in [2.45, 2.75) is 33.2 Å². The normalized spacial score (nSPS) is 15.0. The van der Waals surface area contributed by atoms with Gasteiger partial charge >= 0.3 is 0 Å². The third-order valence-corrected chi connectivity index (χ3v) is 2.32. The molecule has 114 valence electrons. The molecule has 0 spiro atoms. The standard InChI is InChI=1S/C16H24N4O/c1-5-12-18-14(4)10-11-15(8-7-9-16(17)21)20-19-13(3)6-2/h5-7,9-13,19H,2,8H2,1,3-4H3,(H2,17,21)/b9-7+,11-10+,12-5-,18-14-,20-15+. The van der Waals surface area contributed by atoms with Gasteiger partial charge < -0.3 is 11.2 Å². The summed E-state index contributed by atoms with van der Waals surface area (Å²) in [4.78, 5) is 14.9. The molecule has 0 rings (SSSR count). The van der Waals surface area contributed by atoms with E-state index >= 15 is 0 Å². The van der Waals surface area contributed by atoms with Gasteiger partial charge in [0, 0.05) is 18.3 Å². The third-order valence-electron chi connectivity index (χ3n) is 2.32. The lowest BCUT2D eigenvalue weighted by atomic mass is 10.2. The molecule has 0 saturated carbocycles. The average Bonchev–Trinajstić information content (AvgIpc) is 2.46. The maximum absolute atomic E-state index is 10.7. The van der Waals surface area contributed by atoms with Crippen LogP contribution >= 0.6 is 0 Å². The molecule has 0 radical (unpaired) electrons. The number of allylic oxidation sites excluding steroid dienone is 4. The highest BCUT2D eigenvalue weighted by Gasteiger charge is 1.96. The number of nitrogens with two attached hydrogens (primary N) is 1. The summed E-state index contributed by atoms with van der Waals surface area (Å²) in [5.41, 5.74) is 9.63. The zero-order valence-electron chi connectivity index (χ0n) is 12.9. The van der Waals surface area contributed by atoms with Gasteiger partial charge in [-0.05, 0) is 39.0 Å². The Labute approximate surface area is 126 Å². The highest BCUT2D eigenvalue weighted by atomic mass is 16.1. The summed E-state index contributed by atoms with van der Waals surface area (Å²) in [5, 5.41) is 4.28. The zero-order valence-corrected chi connectivity index (χ0v) is 12.9. The fourth-order valence-corrected chi connectivity index (χ4v) is 1.14. The summed E-state index contributed by atoms with van der Waals surface area (Å²) in [7, 11) is 0. The topological polar surface area (TPSA) is 79.8 Å². The van der Waals surface area contributed by atoms with Crippen molar-refractivity contribution in [1.82, 2.24) is 5.43 Å². The predicted molar refractivity (Wildman–Crippen MR) is 90.2 cm³/mol. The number of carbonyl (C=O) groups excluding carboxylic acids is 1. The van der Waals surface area contributed by atoms with Crippen LogP contribution in [0.5, 0.6) is 0 Å². The second-order valence-corrected chi connectivity index (χ2v) is 4.35. The van der Waals surface area contributed by atoms with Crippen LogP contribution in [0.1, 0.15) is 27.2 Å². The molecule has 5 heteroatoms. The maximum atomic E-state index is 10.7. The molecule has 0 aliphatic rings. The number of primary amides is 1. The van der Waals surface area contributed by atoms with E-state index in [1.807, 2.05) is 39.0 Å². The Hall–Kier alpha value is -2.43. The first kappa shape index (κ1) is 18.6. The largest absolute Gasteiger partial charge is 0.366 e. The molecule has 0 bridgehead atoms. The van der Waals surface area contributed by atoms with Crippen LogP contribution in [0.15, 0.2) is 59.3 Å². The molecule has 3 N–H and O–H groups in total. The van der Waals surface area contributed by atoms with E-state index in [4.69, 9.17) is 5.73 Å². The number of carbonyl (C=O) groups is 1. The van der Waals surface area contributed by atoms with Crippen LogP contribution in [0, 0.1) is 0 Å². The molecule has 0 fully saturated rings. The van der Waals surface area contributed by atoms with Crippen molar-refractivity contribution >= 4 is 17.3 Å². The van der Waals surface area contributed by atoms with Crippen molar-refractivity contribution in [2.75, 3.05) is 0 Å². The van der Waals surface area contributed by atoms with Crippen molar-refractivity contribution in [3.63, 3.8) is 0 Å². The molecule has 0 heterocycles. The summed E-state index contributed by atoms with van der Waals surface area (Å²) in [5.74, 6) is -0.475. The van der Waals surface area contributed by atoms with Crippen molar-refractivity contribution < 1.29 is 4.79 Å². The fourth-order valence-electron chi connectivity index (χ4n) is 1.14. The van der Waals surface area contributed by atoms with E-state index in [0.29, 0.717) is 6.42 Å². The van der Waals surface area contributed by atoms with E-state index < -0.39 is 5.91 Å². The van der Waals surface area contributed by atoms with E-state index in [-0.39, 0.29) is 6.04 Å². The summed E-state index contributed by atoms with van der Waals surface area (Å²) < 4.78 is 0. The average molecular weight is 288 g/mol. The Morgan fingerprint density at radius 2 is 2.10 bits per heavy atom. The SMILES string of the molecule is C=CC(C)N/N=C(/C=C/C(C)=N\C=C/C)C/C=C/C(N)=O. The summed E-state index contributed by atoms with van der Waals surface area (Å²) in [6.07, 6.45) is 12.5. The Bertz CT molecular complexity index is 485. The van der Waals surface area contributed by atoms with Crippen molar-refractivity contribution in [3.05, 3.63) is 49.2 Å². The lowest BCUT2D eigenvalue weighted by Crippen LogP contribution is -2.19. The smallest absolute Gasteiger partial charge is 0.241 e. The predicted octanol–water partition coefficient (Wildman–Crippen LogP) is 2.49. The number of nitrogens with zero attached hydrogens (tertiary/aromatic N) is 2. The molecule has 0 aromatic heterocycles. The fraction of sp³-hybridized carbons (Fsp3) is 0.312.